The first-order chi connectivity index (χ1) is 6.36. The van der Waals surface area contributed by atoms with Gasteiger partial charge in [-0.3, -0.25) is 9.78 Å². The number of pyridine rings is 1. The molecule has 1 aromatic rings. The molecule has 0 saturated carbocycles. The number of aromatic nitrogens is 1. The fourth-order valence-corrected chi connectivity index (χ4v) is 1.18. The topological polar surface area (TPSA) is 30.0 Å². The van der Waals surface area contributed by atoms with Gasteiger partial charge < -0.3 is 0 Å². The third kappa shape index (κ3) is 3.51. The van der Waals surface area contributed by atoms with E-state index in [1.165, 1.54) is 0 Å². The molecule has 0 fully saturated rings. The zero-order chi connectivity index (χ0) is 9.52. The fourth-order valence-electron chi connectivity index (χ4n) is 0.914. The van der Waals surface area contributed by atoms with Crippen LogP contribution in [0.15, 0.2) is 24.5 Å². The van der Waals surface area contributed by atoms with Crippen molar-refractivity contribution in [3.05, 3.63) is 35.7 Å². The summed E-state index contributed by atoms with van der Waals surface area (Å²) in [6.07, 6.45) is 9.06. The van der Waals surface area contributed by atoms with Crippen molar-refractivity contribution < 1.29 is 4.79 Å². The largest absolute Gasteiger partial charge is 0.298 e. The van der Waals surface area contributed by atoms with Crippen molar-refractivity contribution >= 4 is 28.3 Å². The van der Waals surface area contributed by atoms with Crippen LogP contribution in [0.2, 0.25) is 0 Å². The van der Waals surface area contributed by atoms with Crippen molar-refractivity contribution in [2.24, 2.45) is 0 Å². The van der Waals surface area contributed by atoms with Crippen LogP contribution >= 0.6 is 15.9 Å². The average Bonchev–Trinajstić information content (AvgIpc) is 2.19. The van der Waals surface area contributed by atoms with E-state index >= 15 is 0 Å². The summed E-state index contributed by atoms with van der Waals surface area (Å²) >= 11 is 3.33. The number of carbonyl (C=O) groups excluding carboxylic acids is 1. The van der Waals surface area contributed by atoms with E-state index in [0.717, 1.165) is 23.6 Å². The van der Waals surface area contributed by atoms with E-state index in [-0.39, 0.29) is 0 Å². The number of halogens is 1. The second-order valence-electron chi connectivity index (χ2n) is 2.55. The molecule has 0 amide bonds. The summed E-state index contributed by atoms with van der Waals surface area (Å²) in [4.78, 5) is 14.4. The Bertz CT molecular complexity index is 310. The Balaban J connectivity index is 2.71. The molecule has 0 spiro atoms. The maximum atomic E-state index is 10.4. The summed E-state index contributed by atoms with van der Waals surface area (Å²) < 4.78 is 0. The van der Waals surface area contributed by atoms with Gasteiger partial charge in [0.15, 0.2) is 6.29 Å². The number of hydrogen-bond acceptors (Lipinski definition) is 2. The molecule has 0 aliphatic carbocycles. The zero-order valence-electron chi connectivity index (χ0n) is 7.11. The van der Waals surface area contributed by atoms with Crippen LogP contribution in [-0.4, -0.2) is 16.6 Å². The molecule has 3 heteroatoms. The minimum Gasteiger partial charge on any atom is -0.298 e. The van der Waals surface area contributed by atoms with Gasteiger partial charge in [0.05, 0.1) is 0 Å². The van der Waals surface area contributed by atoms with E-state index in [9.17, 15) is 4.79 Å². The summed E-state index contributed by atoms with van der Waals surface area (Å²) in [5, 5.41) is 0.949. The standard InChI is InChI=1S/C10H10BrNO/c11-4-2-1-3-9-5-10(8-13)7-12-6-9/h1,3,5-8H,2,4H2. The summed E-state index contributed by atoms with van der Waals surface area (Å²) in [6.45, 7) is 0. The first-order valence-electron chi connectivity index (χ1n) is 3.99. The molecule has 0 radical (unpaired) electrons. The molecular weight excluding hydrogens is 230 g/mol. The number of aldehydes is 1. The normalized spacial score (nSPS) is 10.5. The van der Waals surface area contributed by atoms with Gasteiger partial charge >= 0.3 is 0 Å². The van der Waals surface area contributed by atoms with Crippen LogP contribution in [0.25, 0.3) is 6.08 Å². The first-order valence-corrected chi connectivity index (χ1v) is 5.11. The maximum Gasteiger partial charge on any atom is 0.151 e. The number of carbonyl (C=O) groups is 1. The minimum atomic E-state index is 0.612. The van der Waals surface area contributed by atoms with E-state index < -0.39 is 0 Å². The minimum absolute atomic E-state index is 0.612. The Morgan fingerprint density at radius 1 is 1.38 bits per heavy atom. The average molecular weight is 240 g/mol. The van der Waals surface area contributed by atoms with Crippen molar-refractivity contribution in [2.75, 3.05) is 5.33 Å². The predicted molar refractivity (Wildman–Crippen MR) is 57.1 cm³/mol. The molecule has 13 heavy (non-hydrogen) atoms. The molecule has 1 heterocycles. The van der Waals surface area contributed by atoms with Gasteiger partial charge in [0.25, 0.3) is 0 Å². The molecule has 1 rings (SSSR count). The Morgan fingerprint density at radius 3 is 2.85 bits per heavy atom. The molecule has 68 valence electrons. The first kappa shape index (κ1) is 10.1. The lowest BCUT2D eigenvalue weighted by Gasteiger charge is -1.93. The number of nitrogens with zero attached hydrogens (tertiary/aromatic N) is 1. The summed E-state index contributed by atoms with van der Waals surface area (Å²) in [5.74, 6) is 0. The highest BCUT2D eigenvalue weighted by molar-refractivity contribution is 9.09. The fraction of sp³-hybridized carbons (Fsp3) is 0.200. The van der Waals surface area contributed by atoms with Gasteiger partial charge in [0.1, 0.15) is 0 Å². The monoisotopic (exact) mass is 239 g/mol. The van der Waals surface area contributed by atoms with Crippen LogP contribution in [0.1, 0.15) is 22.3 Å². The van der Waals surface area contributed by atoms with Crippen molar-refractivity contribution in [3.63, 3.8) is 0 Å². The Morgan fingerprint density at radius 2 is 2.15 bits per heavy atom. The van der Waals surface area contributed by atoms with Gasteiger partial charge in [-0.25, -0.2) is 0 Å². The molecule has 0 atom stereocenters. The van der Waals surface area contributed by atoms with Gasteiger partial charge in [-0.05, 0) is 18.1 Å². The van der Waals surface area contributed by atoms with Crippen LogP contribution in [0, 0.1) is 0 Å². The van der Waals surface area contributed by atoms with Gasteiger partial charge in [-0.2, -0.15) is 0 Å². The van der Waals surface area contributed by atoms with E-state index in [1.54, 1.807) is 12.4 Å². The highest BCUT2D eigenvalue weighted by Crippen LogP contribution is 2.03. The highest BCUT2D eigenvalue weighted by atomic mass is 79.9. The zero-order valence-corrected chi connectivity index (χ0v) is 8.70. The van der Waals surface area contributed by atoms with Crippen LogP contribution in [-0.2, 0) is 0 Å². The van der Waals surface area contributed by atoms with Crippen molar-refractivity contribution in [3.8, 4) is 0 Å². The van der Waals surface area contributed by atoms with Crippen molar-refractivity contribution in [1.29, 1.82) is 0 Å². The number of hydrogen-bond donors (Lipinski definition) is 0. The lowest BCUT2D eigenvalue weighted by Crippen LogP contribution is -1.83. The molecule has 0 saturated heterocycles. The second kappa shape index (κ2) is 5.65. The highest BCUT2D eigenvalue weighted by Gasteiger charge is 1.90. The van der Waals surface area contributed by atoms with Crippen LogP contribution < -0.4 is 0 Å². The molecule has 1 aromatic heterocycles. The lowest BCUT2D eigenvalue weighted by atomic mass is 10.2. The van der Waals surface area contributed by atoms with Gasteiger partial charge in [-0.15, -0.1) is 0 Å². The van der Waals surface area contributed by atoms with Crippen LogP contribution in [0.5, 0.6) is 0 Å². The van der Waals surface area contributed by atoms with E-state index in [1.807, 2.05) is 18.2 Å². The molecule has 0 N–H and O–H groups in total. The lowest BCUT2D eigenvalue weighted by molar-refractivity contribution is 0.112. The van der Waals surface area contributed by atoms with Crippen molar-refractivity contribution in [1.82, 2.24) is 4.98 Å². The van der Waals surface area contributed by atoms with E-state index in [4.69, 9.17) is 0 Å². The predicted octanol–water partition coefficient (Wildman–Crippen LogP) is 2.69. The molecule has 0 aliphatic rings. The summed E-state index contributed by atoms with van der Waals surface area (Å²) in [7, 11) is 0. The molecule has 0 aliphatic heterocycles. The van der Waals surface area contributed by atoms with E-state index in [0.29, 0.717) is 5.56 Å². The summed E-state index contributed by atoms with van der Waals surface area (Å²) in [6, 6.07) is 1.81. The Kier molecular flexibility index (Phi) is 4.40. The quantitative estimate of drug-likeness (QED) is 0.598. The Hall–Kier alpha value is -0.960. The number of allylic oxidation sites excluding steroid dienone is 1. The Labute approximate surface area is 85.8 Å². The smallest absolute Gasteiger partial charge is 0.151 e. The van der Waals surface area contributed by atoms with Crippen LogP contribution in [0.3, 0.4) is 0 Å². The van der Waals surface area contributed by atoms with Gasteiger partial charge in [0.2, 0.25) is 0 Å². The van der Waals surface area contributed by atoms with Crippen LogP contribution in [0.4, 0.5) is 0 Å². The second-order valence-corrected chi connectivity index (χ2v) is 3.34. The van der Waals surface area contributed by atoms with E-state index in [2.05, 4.69) is 20.9 Å². The van der Waals surface area contributed by atoms with Crippen molar-refractivity contribution in [2.45, 2.75) is 6.42 Å². The molecule has 0 bridgehead atoms. The maximum absolute atomic E-state index is 10.4. The van der Waals surface area contributed by atoms with Gasteiger partial charge in [-0.1, -0.05) is 28.1 Å². The SMILES string of the molecule is O=Cc1cncc(C=CCCBr)c1. The molecule has 2 nitrogen and oxygen atoms in total. The third-order valence-electron chi connectivity index (χ3n) is 1.50. The number of alkyl halides is 1. The number of rotatable bonds is 4. The van der Waals surface area contributed by atoms with Gasteiger partial charge in [0, 0.05) is 23.3 Å². The molecule has 0 unspecified atom stereocenters. The molecular formula is C10H10BrNO. The summed E-state index contributed by atoms with van der Waals surface area (Å²) in [5.41, 5.74) is 1.58. The third-order valence-corrected chi connectivity index (χ3v) is 1.96. The molecule has 0 aromatic carbocycles.